The van der Waals surface area contributed by atoms with Crippen molar-refractivity contribution >= 4 is 16.7 Å². The molecule has 0 spiro atoms. The van der Waals surface area contributed by atoms with Crippen LogP contribution in [0.25, 0.3) is 10.8 Å². The summed E-state index contributed by atoms with van der Waals surface area (Å²) in [5, 5.41) is 2.18. The third-order valence-corrected chi connectivity index (χ3v) is 3.17. The summed E-state index contributed by atoms with van der Waals surface area (Å²) in [6.07, 6.45) is 0.947. The predicted octanol–water partition coefficient (Wildman–Crippen LogP) is 3.05. The van der Waals surface area contributed by atoms with Crippen LogP contribution < -0.4 is 4.74 Å². The molecule has 1 heterocycles. The first-order chi connectivity index (χ1) is 9.63. The van der Waals surface area contributed by atoms with Crippen LogP contribution in [0.15, 0.2) is 24.3 Å². The number of nitrogens with zero attached hydrogens (tertiary/aromatic N) is 1. The molecule has 1 aromatic heterocycles. The van der Waals surface area contributed by atoms with Gasteiger partial charge in [0, 0.05) is 23.2 Å². The monoisotopic (exact) mass is 273 g/mol. The van der Waals surface area contributed by atoms with Gasteiger partial charge in [-0.1, -0.05) is 0 Å². The van der Waals surface area contributed by atoms with Crippen molar-refractivity contribution in [2.45, 2.75) is 26.7 Å². The molecule has 4 heteroatoms. The average molecular weight is 273 g/mol. The highest BCUT2D eigenvalue weighted by Gasteiger charge is 2.07. The van der Waals surface area contributed by atoms with Crippen molar-refractivity contribution in [1.29, 1.82) is 0 Å². The van der Waals surface area contributed by atoms with Crippen LogP contribution in [0.1, 0.15) is 24.7 Å². The van der Waals surface area contributed by atoms with E-state index < -0.39 is 0 Å². The van der Waals surface area contributed by atoms with Crippen LogP contribution in [0.4, 0.5) is 0 Å². The number of aromatic nitrogens is 1. The minimum atomic E-state index is -0.183. The molecule has 2 aromatic rings. The minimum absolute atomic E-state index is 0.183. The lowest BCUT2D eigenvalue weighted by Crippen LogP contribution is -2.06. The molecule has 0 aliphatic carbocycles. The molecule has 0 saturated heterocycles. The second-order valence-corrected chi connectivity index (χ2v) is 4.59. The maximum Gasteiger partial charge on any atom is 0.306 e. The van der Waals surface area contributed by atoms with Gasteiger partial charge >= 0.3 is 5.97 Å². The SMILES string of the molecule is CCOC(=O)CCc1cc2cc(OC)ccc2c(C)n1. The van der Waals surface area contributed by atoms with Crippen LogP contribution in [0.3, 0.4) is 0 Å². The fraction of sp³-hybridized carbons (Fsp3) is 0.375. The maximum atomic E-state index is 11.4. The Morgan fingerprint density at radius 3 is 2.80 bits per heavy atom. The summed E-state index contributed by atoms with van der Waals surface area (Å²) in [4.78, 5) is 15.9. The number of hydrogen-bond donors (Lipinski definition) is 0. The molecule has 2 rings (SSSR count). The molecular weight excluding hydrogens is 254 g/mol. The zero-order valence-corrected chi connectivity index (χ0v) is 12.1. The van der Waals surface area contributed by atoms with Gasteiger partial charge in [0.15, 0.2) is 0 Å². The number of esters is 1. The van der Waals surface area contributed by atoms with E-state index in [2.05, 4.69) is 4.98 Å². The zero-order valence-electron chi connectivity index (χ0n) is 12.1. The highest BCUT2D eigenvalue weighted by atomic mass is 16.5. The molecule has 1 aromatic carbocycles. The zero-order chi connectivity index (χ0) is 14.5. The first-order valence-electron chi connectivity index (χ1n) is 6.74. The van der Waals surface area contributed by atoms with Crippen LogP contribution in [0, 0.1) is 6.92 Å². The van der Waals surface area contributed by atoms with Crippen LogP contribution in [-0.4, -0.2) is 24.7 Å². The summed E-state index contributed by atoms with van der Waals surface area (Å²) in [5.74, 6) is 0.636. The first-order valence-corrected chi connectivity index (χ1v) is 6.74. The van der Waals surface area contributed by atoms with Crippen molar-refractivity contribution in [2.24, 2.45) is 0 Å². The number of methoxy groups -OCH3 is 1. The molecule has 0 aliphatic heterocycles. The topological polar surface area (TPSA) is 48.4 Å². The van der Waals surface area contributed by atoms with E-state index >= 15 is 0 Å². The number of hydrogen-bond acceptors (Lipinski definition) is 4. The predicted molar refractivity (Wildman–Crippen MR) is 78.0 cm³/mol. The van der Waals surface area contributed by atoms with Gasteiger partial charge in [0.25, 0.3) is 0 Å². The molecule has 106 valence electrons. The van der Waals surface area contributed by atoms with Gasteiger partial charge in [-0.2, -0.15) is 0 Å². The largest absolute Gasteiger partial charge is 0.497 e. The highest BCUT2D eigenvalue weighted by molar-refractivity contribution is 5.86. The number of fused-ring (bicyclic) bond motifs is 1. The standard InChI is InChI=1S/C16H19NO3/c1-4-20-16(18)8-5-13-9-12-10-14(19-3)6-7-15(12)11(2)17-13/h6-7,9-10H,4-5,8H2,1-3H3. The van der Waals surface area contributed by atoms with Crippen molar-refractivity contribution in [3.63, 3.8) is 0 Å². The summed E-state index contributed by atoms with van der Waals surface area (Å²) in [6, 6.07) is 7.92. The van der Waals surface area contributed by atoms with E-state index in [9.17, 15) is 4.79 Å². The molecule has 0 N–H and O–H groups in total. The highest BCUT2D eigenvalue weighted by Crippen LogP contribution is 2.23. The molecule has 20 heavy (non-hydrogen) atoms. The Morgan fingerprint density at radius 2 is 2.10 bits per heavy atom. The Morgan fingerprint density at radius 1 is 1.30 bits per heavy atom. The normalized spacial score (nSPS) is 10.6. The van der Waals surface area contributed by atoms with Gasteiger partial charge in [-0.05, 0) is 43.5 Å². The smallest absolute Gasteiger partial charge is 0.306 e. The van der Waals surface area contributed by atoms with Crippen LogP contribution >= 0.6 is 0 Å². The Labute approximate surface area is 118 Å². The second kappa shape index (κ2) is 6.37. The van der Waals surface area contributed by atoms with E-state index in [1.165, 1.54) is 0 Å². The Balaban J connectivity index is 2.24. The summed E-state index contributed by atoms with van der Waals surface area (Å²) < 4.78 is 10.2. The van der Waals surface area contributed by atoms with E-state index in [4.69, 9.17) is 9.47 Å². The minimum Gasteiger partial charge on any atom is -0.497 e. The van der Waals surface area contributed by atoms with Crippen molar-refractivity contribution in [3.05, 3.63) is 35.7 Å². The van der Waals surface area contributed by atoms with Gasteiger partial charge in [0.1, 0.15) is 5.75 Å². The Hall–Kier alpha value is -2.10. The van der Waals surface area contributed by atoms with Crippen molar-refractivity contribution < 1.29 is 14.3 Å². The number of benzene rings is 1. The quantitative estimate of drug-likeness (QED) is 0.786. The van der Waals surface area contributed by atoms with Crippen LogP contribution in [0.2, 0.25) is 0 Å². The fourth-order valence-electron chi connectivity index (χ4n) is 2.20. The lowest BCUT2D eigenvalue weighted by Gasteiger charge is -2.08. The second-order valence-electron chi connectivity index (χ2n) is 4.59. The number of carbonyl (C=O) groups is 1. The molecular formula is C16H19NO3. The van der Waals surface area contributed by atoms with E-state index in [-0.39, 0.29) is 5.97 Å². The molecule has 4 nitrogen and oxygen atoms in total. The van der Waals surface area contributed by atoms with Crippen LogP contribution in [0.5, 0.6) is 5.75 Å². The van der Waals surface area contributed by atoms with Crippen LogP contribution in [-0.2, 0) is 16.0 Å². The van der Waals surface area contributed by atoms with Crippen molar-refractivity contribution in [3.8, 4) is 5.75 Å². The molecule has 0 bridgehead atoms. The van der Waals surface area contributed by atoms with Gasteiger partial charge in [-0.15, -0.1) is 0 Å². The van der Waals surface area contributed by atoms with E-state index in [1.807, 2.05) is 38.1 Å². The van der Waals surface area contributed by atoms with Gasteiger partial charge in [-0.25, -0.2) is 0 Å². The molecule has 0 fully saturated rings. The summed E-state index contributed by atoms with van der Waals surface area (Å²) in [7, 11) is 1.65. The molecule has 0 atom stereocenters. The number of aryl methyl sites for hydroxylation is 2. The van der Waals surface area contributed by atoms with E-state index in [0.29, 0.717) is 19.4 Å². The molecule has 0 unspecified atom stereocenters. The lowest BCUT2D eigenvalue weighted by atomic mass is 10.1. The molecule has 0 amide bonds. The summed E-state index contributed by atoms with van der Waals surface area (Å²) in [5.41, 5.74) is 1.86. The number of ether oxygens (including phenoxy) is 2. The molecule has 0 radical (unpaired) electrons. The molecule has 0 aliphatic rings. The number of pyridine rings is 1. The van der Waals surface area contributed by atoms with Gasteiger partial charge < -0.3 is 9.47 Å². The average Bonchev–Trinajstić information content (AvgIpc) is 2.45. The third kappa shape index (κ3) is 3.26. The number of carbonyl (C=O) groups excluding carboxylic acids is 1. The van der Waals surface area contributed by atoms with E-state index in [1.54, 1.807) is 7.11 Å². The fourth-order valence-corrected chi connectivity index (χ4v) is 2.20. The molecule has 0 saturated carbocycles. The van der Waals surface area contributed by atoms with Gasteiger partial charge in [-0.3, -0.25) is 9.78 Å². The van der Waals surface area contributed by atoms with Crippen molar-refractivity contribution in [1.82, 2.24) is 4.98 Å². The summed E-state index contributed by atoms with van der Waals surface area (Å²) in [6.45, 7) is 4.20. The van der Waals surface area contributed by atoms with Gasteiger partial charge in [0.2, 0.25) is 0 Å². The first kappa shape index (κ1) is 14.3. The van der Waals surface area contributed by atoms with Gasteiger partial charge in [0.05, 0.1) is 20.1 Å². The summed E-state index contributed by atoms with van der Waals surface area (Å²) >= 11 is 0. The van der Waals surface area contributed by atoms with E-state index in [0.717, 1.165) is 27.9 Å². The third-order valence-electron chi connectivity index (χ3n) is 3.17. The van der Waals surface area contributed by atoms with Crippen molar-refractivity contribution in [2.75, 3.05) is 13.7 Å². The number of rotatable bonds is 5. The Kier molecular flexibility index (Phi) is 4.56. The lowest BCUT2D eigenvalue weighted by molar-refractivity contribution is -0.143. The Bertz CT molecular complexity index is 622. The maximum absolute atomic E-state index is 11.4.